The first-order valence-corrected chi connectivity index (χ1v) is 10.6. The van der Waals surface area contributed by atoms with E-state index < -0.39 is 52.8 Å². The van der Waals surface area contributed by atoms with Crippen LogP contribution in [0.4, 0.5) is 18.9 Å². The summed E-state index contributed by atoms with van der Waals surface area (Å²) in [6.45, 7) is 0.954. The second-order valence-electron chi connectivity index (χ2n) is 7.54. The van der Waals surface area contributed by atoms with Crippen LogP contribution in [-0.4, -0.2) is 44.8 Å². The summed E-state index contributed by atoms with van der Waals surface area (Å²) in [5.41, 5.74) is -0.980. The first-order valence-electron chi connectivity index (χ1n) is 10.2. The minimum atomic E-state index is -4.73. The number of nitrogens with one attached hydrogen (secondary N) is 2. The molecule has 3 N–H and O–H groups in total. The van der Waals surface area contributed by atoms with Crippen LogP contribution in [0.1, 0.15) is 18.1 Å². The molecule has 0 fully saturated rings. The Morgan fingerprint density at radius 3 is 2.57 bits per heavy atom. The van der Waals surface area contributed by atoms with Crippen molar-refractivity contribution < 1.29 is 32.6 Å². The van der Waals surface area contributed by atoms with Crippen LogP contribution in [0, 0.1) is 0 Å². The molecule has 0 saturated heterocycles. The average molecular weight is 511 g/mol. The molecule has 1 aromatic heterocycles. The normalized spacial score (nSPS) is 16.6. The van der Waals surface area contributed by atoms with Crippen molar-refractivity contribution in [1.82, 2.24) is 14.9 Å². The summed E-state index contributed by atoms with van der Waals surface area (Å²) in [7, 11) is 0. The highest BCUT2D eigenvalue weighted by molar-refractivity contribution is 6.32. The van der Waals surface area contributed by atoms with Crippen LogP contribution in [0.25, 0.3) is 11.0 Å². The number of ether oxygens (including phenoxy) is 1. The van der Waals surface area contributed by atoms with Crippen molar-refractivity contribution in [2.24, 2.45) is 0 Å². The number of aliphatic hydroxyl groups is 1. The number of aromatic amines is 2. The van der Waals surface area contributed by atoms with Gasteiger partial charge in [0.1, 0.15) is 5.57 Å². The minimum absolute atomic E-state index is 0.0397. The highest BCUT2D eigenvalue weighted by atomic mass is 35.5. The minimum Gasteiger partial charge on any atom is -0.462 e. The predicted molar refractivity (Wildman–Crippen MR) is 119 cm³/mol. The molecule has 1 aliphatic rings. The lowest BCUT2D eigenvalue weighted by Crippen LogP contribution is -2.54. The van der Waals surface area contributed by atoms with Gasteiger partial charge in [0.15, 0.2) is 0 Å². The fraction of sp³-hybridized carbons (Fsp3) is 0.227. The number of amides is 1. The summed E-state index contributed by atoms with van der Waals surface area (Å²) >= 11 is 5.98. The van der Waals surface area contributed by atoms with Gasteiger partial charge in [-0.2, -0.15) is 13.2 Å². The van der Waals surface area contributed by atoms with Crippen LogP contribution in [0.3, 0.4) is 0 Å². The van der Waals surface area contributed by atoms with Gasteiger partial charge < -0.3 is 24.7 Å². The summed E-state index contributed by atoms with van der Waals surface area (Å²) in [6, 6.07) is 7.74. The first kappa shape index (κ1) is 24.4. The van der Waals surface area contributed by atoms with Crippen LogP contribution in [0.15, 0.2) is 53.0 Å². The number of nitrogens with zero attached hydrogens (tertiary/aromatic N) is 2. The maximum Gasteiger partial charge on any atom is 0.417 e. The molecule has 0 radical (unpaired) electrons. The summed E-state index contributed by atoms with van der Waals surface area (Å²) < 4.78 is 44.9. The summed E-state index contributed by atoms with van der Waals surface area (Å²) in [5, 5.41) is 10.4. The first-order chi connectivity index (χ1) is 16.5. The van der Waals surface area contributed by atoms with Crippen molar-refractivity contribution in [1.29, 1.82) is 0 Å². The number of alkyl halides is 3. The molecule has 1 amide bonds. The number of anilines is 1. The third-order valence-corrected chi connectivity index (χ3v) is 5.75. The van der Waals surface area contributed by atoms with Gasteiger partial charge in [-0.25, -0.2) is 9.59 Å². The number of hydrogen-bond acceptors (Lipinski definition) is 6. The van der Waals surface area contributed by atoms with Crippen molar-refractivity contribution in [2.75, 3.05) is 11.5 Å². The molecule has 35 heavy (non-hydrogen) atoms. The quantitative estimate of drug-likeness (QED) is 0.358. The van der Waals surface area contributed by atoms with Crippen LogP contribution >= 0.6 is 11.6 Å². The second-order valence-corrected chi connectivity index (χ2v) is 7.91. The van der Waals surface area contributed by atoms with Crippen molar-refractivity contribution in [3.05, 3.63) is 74.8 Å². The molecule has 3 aromatic rings. The number of carbonyl (C=O) groups excluding carboxylic acids is 2. The number of benzene rings is 2. The topological polar surface area (TPSA) is 119 Å². The van der Waals surface area contributed by atoms with Crippen molar-refractivity contribution in [3.63, 3.8) is 0 Å². The third-order valence-electron chi connectivity index (χ3n) is 5.30. The standard InChI is InChI=1S/C22H18ClF3N4O5/c1-2-35-19(32)13-10-29(12-6-7-15-16(8-12)28-20(33)27-15)21(34)30(18(13)31)9-11-4-3-5-14(17(11)23)22(24,25)26/h3-8,10,21,34H,2,9H2,1H3,(H2,27,28,33). The average Bonchev–Trinajstić information content (AvgIpc) is 3.16. The van der Waals surface area contributed by atoms with E-state index in [0.717, 1.165) is 28.1 Å². The predicted octanol–water partition coefficient (Wildman–Crippen LogP) is 3.10. The summed E-state index contributed by atoms with van der Waals surface area (Å²) in [4.78, 5) is 44.2. The number of imidazole rings is 1. The molecule has 0 bridgehead atoms. The molecule has 0 spiro atoms. The molecule has 9 nitrogen and oxygen atoms in total. The van der Waals surface area contributed by atoms with E-state index in [1.54, 1.807) is 0 Å². The summed E-state index contributed by atoms with van der Waals surface area (Å²) in [6.07, 6.45) is -5.38. The Hall–Kier alpha value is -3.77. The number of rotatable bonds is 5. The van der Waals surface area contributed by atoms with Crippen molar-refractivity contribution in [3.8, 4) is 0 Å². The Labute approximate surface area is 200 Å². The Kier molecular flexibility index (Phi) is 6.34. The van der Waals surface area contributed by atoms with Gasteiger partial charge in [0.25, 0.3) is 5.91 Å². The van der Waals surface area contributed by atoms with E-state index in [1.807, 2.05) is 0 Å². The number of fused-ring (bicyclic) bond motifs is 1. The van der Waals surface area contributed by atoms with Crippen LogP contribution < -0.4 is 10.6 Å². The number of carbonyl (C=O) groups is 2. The van der Waals surface area contributed by atoms with Crippen LogP contribution in [0.5, 0.6) is 0 Å². The fourth-order valence-electron chi connectivity index (χ4n) is 3.67. The van der Waals surface area contributed by atoms with Gasteiger partial charge in [-0.15, -0.1) is 0 Å². The highest BCUT2D eigenvalue weighted by Gasteiger charge is 2.39. The molecular formula is C22H18ClF3N4O5. The SMILES string of the molecule is CCOC(=O)C1=CN(c2ccc3[nH]c(=O)[nH]c3c2)C(O)N(Cc2cccc(C(F)(F)F)c2Cl)C1=O. The molecule has 13 heteroatoms. The molecule has 2 heterocycles. The number of esters is 1. The van der Waals surface area contributed by atoms with Gasteiger partial charge in [0.2, 0.25) is 6.35 Å². The maximum absolute atomic E-state index is 13.3. The molecular weight excluding hydrogens is 493 g/mol. The number of hydrogen-bond donors (Lipinski definition) is 3. The zero-order valence-electron chi connectivity index (χ0n) is 18.0. The van der Waals surface area contributed by atoms with Gasteiger partial charge >= 0.3 is 17.8 Å². The number of aliphatic hydroxyl groups excluding tert-OH is 1. The van der Waals surface area contributed by atoms with E-state index in [2.05, 4.69) is 9.97 Å². The lowest BCUT2D eigenvalue weighted by molar-refractivity contribution is -0.147. The molecule has 4 rings (SSSR count). The van der Waals surface area contributed by atoms with Crippen molar-refractivity contribution in [2.45, 2.75) is 26.0 Å². The summed E-state index contributed by atoms with van der Waals surface area (Å²) in [5.74, 6) is -1.94. The van der Waals surface area contributed by atoms with E-state index in [0.29, 0.717) is 11.0 Å². The number of halogens is 4. The molecule has 1 unspecified atom stereocenters. The van der Waals surface area contributed by atoms with E-state index in [4.69, 9.17) is 16.3 Å². The Balaban J connectivity index is 1.78. The fourth-order valence-corrected chi connectivity index (χ4v) is 3.96. The van der Waals surface area contributed by atoms with Gasteiger partial charge in [-0.3, -0.25) is 9.69 Å². The maximum atomic E-state index is 13.3. The Morgan fingerprint density at radius 1 is 1.17 bits per heavy atom. The zero-order valence-corrected chi connectivity index (χ0v) is 18.8. The monoisotopic (exact) mass is 510 g/mol. The Morgan fingerprint density at radius 2 is 1.89 bits per heavy atom. The Bertz CT molecular complexity index is 1400. The lowest BCUT2D eigenvalue weighted by Gasteiger charge is -2.39. The van der Waals surface area contributed by atoms with Gasteiger partial charge in [0, 0.05) is 11.9 Å². The second kappa shape index (κ2) is 9.12. The largest absolute Gasteiger partial charge is 0.462 e. The smallest absolute Gasteiger partial charge is 0.417 e. The van der Waals surface area contributed by atoms with Gasteiger partial charge in [0.05, 0.1) is 34.8 Å². The molecule has 1 aliphatic heterocycles. The lowest BCUT2D eigenvalue weighted by atomic mass is 10.1. The van der Waals surface area contributed by atoms with Gasteiger partial charge in [-0.1, -0.05) is 23.7 Å². The molecule has 1 atom stereocenters. The van der Waals surface area contributed by atoms with Crippen LogP contribution in [-0.2, 0) is 27.0 Å². The molecule has 0 saturated carbocycles. The van der Waals surface area contributed by atoms with E-state index in [1.165, 1.54) is 31.2 Å². The molecule has 0 aliphatic carbocycles. The third kappa shape index (κ3) is 4.62. The molecule has 184 valence electrons. The van der Waals surface area contributed by atoms with E-state index in [-0.39, 0.29) is 17.9 Å². The van der Waals surface area contributed by atoms with Crippen molar-refractivity contribution >= 4 is 40.2 Å². The van der Waals surface area contributed by atoms with E-state index >= 15 is 0 Å². The number of aromatic nitrogens is 2. The van der Waals surface area contributed by atoms with Gasteiger partial charge in [-0.05, 0) is 36.8 Å². The van der Waals surface area contributed by atoms with E-state index in [9.17, 15) is 32.7 Å². The van der Waals surface area contributed by atoms with Crippen LogP contribution in [0.2, 0.25) is 5.02 Å². The molecule has 2 aromatic carbocycles. The highest BCUT2D eigenvalue weighted by Crippen LogP contribution is 2.37. The number of H-pyrrole nitrogens is 2. The zero-order chi connectivity index (χ0) is 25.5.